The van der Waals surface area contributed by atoms with E-state index in [0.717, 1.165) is 11.5 Å². The fourth-order valence-corrected chi connectivity index (χ4v) is 3.42. The normalized spacial score (nSPS) is 14.6. The van der Waals surface area contributed by atoms with E-state index in [1.165, 1.54) is 0 Å². The van der Waals surface area contributed by atoms with Crippen LogP contribution >= 0.6 is 7.37 Å². The van der Waals surface area contributed by atoms with E-state index < -0.39 is 19.6 Å². The van der Waals surface area contributed by atoms with Crippen molar-refractivity contribution in [1.82, 2.24) is 5.06 Å². The number of unbranched alkanes of at least 4 members (excludes halogenated alkanes) is 1. The van der Waals surface area contributed by atoms with Crippen LogP contribution in [0.15, 0.2) is 0 Å². The van der Waals surface area contributed by atoms with Gasteiger partial charge in [-0.3, -0.25) is 9.59 Å². The van der Waals surface area contributed by atoms with E-state index >= 15 is 0 Å². The van der Waals surface area contributed by atoms with Crippen LogP contribution in [0.4, 0.5) is 0 Å². The molecule has 0 fully saturated rings. The average Bonchev–Trinajstić information content (AvgIpc) is 2.50. The number of amides is 1. The molecule has 0 aliphatic heterocycles. The van der Waals surface area contributed by atoms with Crippen molar-refractivity contribution in [2.75, 3.05) is 18.9 Å². The first kappa shape index (κ1) is 27.3. The van der Waals surface area contributed by atoms with Crippen molar-refractivity contribution in [3.05, 3.63) is 0 Å². The Kier molecular flexibility index (Phi) is 15.5. The number of ether oxygens (including phenoxy) is 1. The van der Waals surface area contributed by atoms with Crippen molar-refractivity contribution in [2.24, 2.45) is 11.8 Å². The molecule has 2 unspecified atom stereocenters. The van der Waals surface area contributed by atoms with Gasteiger partial charge < -0.3 is 14.2 Å². The Morgan fingerprint density at radius 3 is 2.20 bits per heavy atom. The Morgan fingerprint density at radius 1 is 1.20 bits per heavy atom. The maximum atomic E-state index is 11.8. The largest absolute Gasteiger partial charge is 1.00 e. The molecule has 1 amide bonds. The number of carbonyl (C=O) groups is 2. The standard InChI is InChI=1S/C16H32NO6P.Na/c1-6-7-10-24(20,21)11-8-9-17(12-18)23-16(14(4)5)22-15(19)13(2)3;/h12-14,16H,6-11H2,1-5H3,(H,20,21);/q;+1/p-1. The van der Waals surface area contributed by atoms with E-state index in [9.17, 15) is 19.0 Å². The Balaban J connectivity index is 0. The van der Waals surface area contributed by atoms with Crippen LogP contribution in [-0.4, -0.2) is 42.6 Å². The SMILES string of the molecule is CCCCP(=O)([O-])CCCN(C=O)OC(OC(=O)C(C)C)C(C)C.[Na+]. The molecule has 25 heavy (non-hydrogen) atoms. The Morgan fingerprint density at radius 2 is 1.76 bits per heavy atom. The van der Waals surface area contributed by atoms with Crippen LogP contribution in [0.3, 0.4) is 0 Å². The van der Waals surface area contributed by atoms with Crippen molar-refractivity contribution in [3.8, 4) is 0 Å². The molecule has 0 saturated carbocycles. The summed E-state index contributed by atoms with van der Waals surface area (Å²) in [7, 11) is -3.40. The third-order valence-electron chi connectivity index (χ3n) is 3.33. The molecule has 0 aromatic carbocycles. The van der Waals surface area contributed by atoms with Gasteiger partial charge in [0.15, 0.2) is 0 Å². The monoisotopic (exact) mass is 387 g/mol. The summed E-state index contributed by atoms with van der Waals surface area (Å²) < 4.78 is 17.0. The van der Waals surface area contributed by atoms with E-state index in [4.69, 9.17) is 9.57 Å². The van der Waals surface area contributed by atoms with Crippen molar-refractivity contribution in [2.45, 2.75) is 60.2 Å². The summed E-state index contributed by atoms with van der Waals surface area (Å²) in [5.41, 5.74) is 0. The maximum absolute atomic E-state index is 11.8. The van der Waals surface area contributed by atoms with Crippen LogP contribution in [0.1, 0.15) is 53.9 Å². The zero-order valence-electron chi connectivity index (χ0n) is 16.4. The van der Waals surface area contributed by atoms with Gasteiger partial charge in [0, 0.05) is 19.8 Å². The third-order valence-corrected chi connectivity index (χ3v) is 5.33. The van der Waals surface area contributed by atoms with Gasteiger partial charge in [-0.1, -0.05) is 41.0 Å². The predicted octanol–water partition coefficient (Wildman–Crippen LogP) is -0.610. The quantitative estimate of drug-likeness (QED) is 0.104. The Labute approximate surface area is 173 Å². The zero-order chi connectivity index (χ0) is 18.8. The number of hydrogen-bond acceptors (Lipinski definition) is 6. The van der Waals surface area contributed by atoms with Gasteiger partial charge in [-0.25, -0.2) is 9.90 Å². The van der Waals surface area contributed by atoms with Gasteiger partial charge >= 0.3 is 35.5 Å². The fourth-order valence-electron chi connectivity index (χ4n) is 1.77. The van der Waals surface area contributed by atoms with Crippen LogP contribution in [0.5, 0.6) is 0 Å². The minimum Gasteiger partial charge on any atom is -0.799 e. The van der Waals surface area contributed by atoms with Gasteiger partial charge in [0.25, 0.3) is 0 Å². The molecule has 0 rings (SSSR count). The molecule has 0 bridgehead atoms. The summed E-state index contributed by atoms with van der Waals surface area (Å²) in [6.07, 6.45) is 1.56. The van der Waals surface area contributed by atoms with E-state index in [0.29, 0.717) is 12.8 Å². The summed E-state index contributed by atoms with van der Waals surface area (Å²) >= 11 is 0. The third kappa shape index (κ3) is 13.0. The van der Waals surface area contributed by atoms with Crippen LogP contribution < -0.4 is 34.5 Å². The molecule has 9 heteroatoms. The second kappa shape index (κ2) is 14.2. The van der Waals surface area contributed by atoms with E-state index in [2.05, 4.69) is 0 Å². The molecule has 0 aliphatic carbocycles. The van der Waals surface area contributed by atoms with Crippen molar-refractivity contribution >= 4 is 19.7 Å². The van der Waals surface area contributed by atoms with Gasteiger partial charge in [0.2, 0.25) is 12.7 Å². The predicted molar refractivity (Wildman–Crippen MR) is 90.3 cm³/mol. The summed E-state index contributed by atoms with van der Waals surface area (Å²) in [6, 6.07) is 0. The molecule has 0 aliphatic rings. The number of nitrogens with zero attached hydrogens (tertiary/aromatic N) is 1. The number of hydrogen-bond donors (Lipinski definition) is 0. The Bertz CT molecular complexity index is 433. The molecule has 0 spiro atoms. The smallest absolute Gasteiger partial charge is 0.799 e. The minimum atomic E-state index is -3.40. The molecule has 0 N–H and O–H groups in total. The van der Waals surface area contributed by atoms with Crippen LogP contribution in [0.25, 0.3) is 0 Å². The van der Waals surface area contributed by atoms with Crippen molar-refractivity contribution in [1.29, 1.82) is 0 Å². The molecule has 0 heterocycles. The summed E-state index contributed by atoms with van der Waals surface area (Å²) in [5.74, 6) is -0.863. The van der Waals surface area contributed by atoms with Gasteiger partial charge in [-0.05, 0) is 25.2 Å². The van der Waals surface area contributed by atoms with Gasteiger partial charge in [0.05, 0.1) is 5.92 Å². The van der Waals surface area contributed by atoms with E-state index in [1.807, 2.05) is 6.92 Å². The number of rotatable bonds is 13. The van der Waals surface area contributed by atoms with Crippen LogP contribution in [0, 0.1) is 11.8 Å². The van der Waals surface area contributed by atoms with E-state index in [1.54, 1.807) is 27.7 Å². The molecule has 0 radical (unpaired) electrons. The zero-order valence-corrected chi connectivity index (χ0v) is 19.3. The number of esters is 1. The molecular formula is C16H31NNaO6P. The second-order valence-corrected chi connectivity index (χ2v) is 9.05. The maximum Gasteiger partial charge on any atom is 1.00 e. The van der Waals surface area contributed by atoms with Crippen LogP contribution in [-0.2, 0) is 23.7 Å². The molecule has 0 saturated heterocycles. The molecule has 0 aromatic heterocycles. The molecule has 7 nitrogen and oxygen atoms in total. The molecule has 2 atom stereocenters. The number of hydroxylamine groups is 2. The first-order valence-corrected chi connectivity index (χ1v) is 10.5. The van der Waals surface area contributed by atoms with Gasteiger partial charge in [-0.2, -0.15) is 0 Å². The first-order chi connectivity index (χ1) is 11.1. The average molecular weight is 387 g/mol. The van der Waals surface area contributed by atoms with Crippen molar-refractivity contribution in [3.63, 3.8) is 0 Å². The fraction of sp³-hybridized carbons (Fsp3) is 0.875. The molecular weight excluding hydrogens is 356 g/mol. The van der Waals surface area contributed by atoms with Crippen molar-refractivity contribution < 1.29 is 58.2 Å². The topological polar surface area (TPSA) is 96.0 Å². The van der Waals surface area contributed by atoms with Crippen LogP contribution in [0.2, 0.25) is 0 Å². The summed E-state index contributed by atoms with van der Waals surface area (Å²) in [6.45, 7) is 9.09. The van der Waals surface area contributed by atoms with Gasteiger partial charge in [-0.15, -0.1) is 0 Å². The first-order valence-electron chi connectivity index (χ1n) is 8.51. The van der Waals surface area contributed by atoms with Gasteiger partial charge in [0.1, 0.15) is 0 Å². The van der Waals surface area contributed by atoms with E-state index in [-0.39, 0.29) is 66.7 Å². The Hall–Kier alpha value is 0.0900. The molecule has 142 valence electrons. The summed E-state index contributed by atoms with van der Waals surface area (Å²) in [5, 5.41) is 0.998. The minimum absolute atomic E-state index is 0. The second-order valence-electron chi connectivity index (χ2n) is 6.52. The number of carbonyl (C=O) groups excluding carboxylic acids is 2. The summed E-state index contributed by atoms with van der Waals surface area (Å²) in [4.78, 5) is 40.0. The molecule has 0 aromatic rings.